The quantitative estimate of drug-likeness (QED) is 0.0906. The zero-order chi connectivity index (χ0) is 43.3. The number of benzene rings is 3. The van der Waals surface area contributed by atoms with Gasteiger partial charge in [0.1, 0.15) is 12.1 Å². The van der Waals surface area contributed by atoms with E-state index in [2.05, 4.69) is 62.8 Å². The molecule has 0 unspecified atom stereocenters. The van der Waals surface area contributed by atoms with Crippen molar-refractivity contribution in [3.05, 3.63) is 118 Å². The maximum Gasteiger partial charge on any atom is 0.385 e. The molecule has 0 aliphatic carbocycles. The van der Waals surface area contributed by atoms with Crippen molar-refractivity contribution >= 4 is 84.8 Å². The van der Waals surface area contributed by atoms with Crippen molar-refractivity contribution in [3.8, 4) is 0 Å². The molecule has 63 heavy (non-hydrogen) atoms. The number of urea groups is 2. The lowest BCUT2D eigenvalue weighted by atomic mass is 10.1. The van der Waals surface area contributed by atoms with Gasteiger partial charge in [0, 0.05) is 54.7 Å². The molecule has 2 aliphatic rings. The molecule has 0 radical (unpaired) electrons. The Morgan fingerprint density at radius 3 is 2.11 bits per heavy atom. The Morgan fingerprint density at radius 1 is 0.762 bits per heavy atom. The highest BCUT2D eigenvalue weighted by atomic mass is 32.1. The van der Waals surface area contributed by atoms with E-state index in [4.69, 9.17) is 9.25 Å². The molecule has 0 atom stereocenters. The number of rotatable bonds is 11. The topological polar surface area (TPSA) is 187 Å². The van der Waals surface area contributed by atoms with Crippen molar-refractivity contribution in [1.82, 2.24) is 24.9 Å². The summed E-state index contributed by atoms with van der Waals surface area (Å²) in [5, 5.41) is 10.2. The number of imidazole rings is 1. The van der Waals surface area contributed by atoms with E-state index in [-0.39, 0.29) is 23.1 Å². The fourth-order valence-electron chi connectivity index (χ4n) is 7.81. The van der Waals surface area contributed by atoms with Gasteiger partial charge in [-0.05, 0) is 99.9 Å². The van der Waals surface area contributed by atoms with Crippen LogP contribution in [0, 0.1) is 13.8 Å². The minimum Gasteiger partial charge on any atom is -0.448 e. The number of H-pyrrole nitrogens is 1. The van der Waals surface area contributed by atoms with Gasteiger partial charge in [0.25, 0.3) is 0 Å². The molecule has 4 aromatic heterocycles. The third-order valence-corrected chi connectivity index (χ3v) is 12.8. The van der Waals surface area contributed by atoms with Crippen LogP contribution in [0.1, 0.15) is 81.6 Å². The Kier molecular flexibility index (Phi) is 12.3. The maximum absolute atomic E-state index is 14.2. The second-order valence-electron chi connectivity index (χ2n) is 15.7. The van der Waals surface area contributed by atoms with Gasteiger partial charge in [-0.25, -0.2) is 34.3 Å². The minimum absolute atomic E-state index is 0.140. The van der Waals surface area contributed by atoms with Crippen molar-refractivity contribution < 1.29 is 23.6 Å². The van der Waals surface area contributed by atoms with Gasteiger partial charge in [0.15, 0.2) is 16.7 Å². The Balaban J connectivity index is 0.883. The van der Waals surface area contributed by atoms with Crippen molar-refractivity contribution in [1.29, 1.82) is 0 Å². The Labute approximate surface area is 371 Å². The number of oxazole rings is 1. The molecule has 324 valence electrons. The zero-order valence-corrected chi connectivity index (χ0v) is 36.6. The molecular weight excluding hydrogens is 839 g/mol. The van der Waals surface area contributed by atoms with Crippen LogP contribution in [-0.4, -0.2) is 69.1 Å². The lowest BCUT2D eigenvalue weighted by Gasteiger charge is -2.31. The molecule has 0 bridgehead atoms. The molecule has 9 rings (SSSR count). The zero-order valence-electron chi connectivity index (χ0n) is 35.0. The van der Waals surface area contributed by atoms with Crippen LogP contribution in [0.5, 0.6) is 0 Å². The number of hydroxylamine groups is 1. The first-order valence-corrected chi connectivity index (χ1v) is 22.7. The third-order valence-electron chi connectivity index (χ3n) is 10.9. The second-order valence-corrected chi connectivity index (χ2v) is 17.9. The summed E-state index contributed by atoms with van der Waals surface area (Å²) < 4.78 is 5.69. The number of thiazole rings is 2. The second kappa shape index (κ2) is 18.7. The van der Waals surface area contributed by atoms with Gasteiger partial charge >= 0.3 is 18.0 Å². The summed E-state index contributed by atoms with van der Waals surface area (Å²) in [7, 11) is 0. The SMILES string of the molecule is Cc1ccc(NC(=O)Nc2ncc(Cc3nc(C(=O)ON(C(=O)Nc4ccc(C)cc4N4CCCCC4)c4ncc(Cc5nc6ccccc6[nH]5)s4)co3)s2)c(N2CCCCC2)c1. The first-order chi connectivity index (χ1) is 30.7. The summed E-state index contributed by atoms with van der Waals surface area (Å²) in [5.41, 5.74) is 7.04. The van der Waals surface area contributed by atoms with Crippen LogP contribution in [0.4, 0.5) is 42.6 Å². The number of nitrogens with zero attached hydrogens (tertiary/aromatic N) is 7. The highest BCUT2D eigenvalue weighted by Crippen LogP contribution is 2.33. The van der Waals surface area contributed by atoms with E-state index in [1.54, 1.807) is 12.4 Å². The first kappa shape index (κ1) is 41.6. The predicted octanol–water partition coefficient (Wildman–Crippen LogP) is 9.70. The molecule has 4 N–H and O–H groups in total. The molecule has 2 fully saturated rings. The average molecular weight is 886 g/mol. The van der Waals surface area contributed by atoms with Crippen molar-refractivity contribution in [3.63, 3.8) is 0 Å². The molecule has 0 saturated carbocycles. The number of anilines is 6. The number of carbonyl (C=O) groups is 3. The number of carbonyl (C=O) groups excluding carboxylic acids is 3. The molecule has 3 aromatic carbocycles. The molecular formula is C45H47N11O5S2. The lowest BCUT2D eigenvalue weighted by molar-refractivity contribution is 0.0483. The van der Waals surface area contributed by atoms with Gasteiger partial charge in [0.2, 0.25) is 5.13 Å². The Hall–Kier alpha value is -6.79. The molecule has 2 saturated heterocycles. The van der Waals surface area contributed by atoms with E-state index in [0.29, 0.717) is 17.2 Å². The van der Waals surface area contributed by atoms with Gasteiger partial charge in [0.05, 0.1) is 40.2 Å². The monoisotopic (exact) mass is 885 g/mol. The third kappa shape index (κ3) is 9.97. The van der Waals surface area contributed by atoms with E-state index in [1.165, 1.54) is 35.4 Å². The van der Waals surface area contributed by atoms with Crippen LogP contribution in [-0.2, 0) is 17.7 Å². The van der Waals surface area contributed by atoms with Crippen LogP contribution in [0.15, 0.2) is 83.7 Å². The number of para-hydroxylation sites is 2. The van der Waals surface area contributed by atoms with E-state index in [9.17, 15) is 14.4 Å². The fourth-order valence-corrected chi connectivity index (χ4v) is 9.47. The molecule has 6 heterocycles. The van der Waals surface area contributed by atoms with Crippen LogP contribution in [0.3, 0.4) is 0 Å². The van der Waals surface area contributed by atoms with Gasteiger partial charge in [-0.2, -0.15) is 0 Å². The predicted molar refractivity (Wildman–Crippen MR) is 246 cm³/mol. The molecule has 7 aromatic rings. The smallest absolute Gasteiger partial charge is 0.385 e. The van der Waals surface area contributed by atoms with Gasteiger partial charge < -0.3 is 34.7 Å². The number of piperidine rings is 2. The summed E-state index contributed by atoms with van der Waals surface area (Å²) >= 11 is 2.46. The molecule has 2 aliphatic heterocycles. The van der Waals surface area contributed by atoms with E-state index in [0.717, 1.165) is 118 Å². The number of hydrogen-bond acceptors (Lipinski definition) is 13. The van der Waals surface area contributed by atoms with Crippen LogP contribution in [0.2, 0.25) is 0 Å². The molecule has 16 nitrogen and oxygen atoms in total. The fraction of sp³-hybridized carbons (Fsp3) is 0.311. The lowest BCUT2D eigenvalue weighted by Crippen LogP contribution is -2.38. The van der Waals surface area contributed by atoms with Crippen molar-refractivity contribution in [2.45, 2.75) is 65.2 Å². The summed E-state index contributed by atoms with van der Waals surface area (Å²) in [4.78, 5) is 74.2. The van der Waals surface area contributed by atoms with E-state index >= 15 is 0 Å². The Morgan fingerprint density at radius 2 is 1.41 bits per heavy atom. The normalized spacial score (nSPS) is 14.1. The number of hydrogen-bond donors (Lipinski definition) is 4. The highest BCUT2D eigenvalue weighted by molar-refractivity contribution is 7.16. The van der Waals surface area contributed by atoms with Crippen molar-refractivity contribution in [2.24, 2.45) is 0 Å². The molecule has 4 amide bonds. The van der Waals surface area contributed by atoms with Crippen LogP contribution < -0.4 is 30.8 Å². The van der Waals surface area contributed by atoms with Gasteiger partial charge in [-0.3, -0.25) is 5.32 Å². The maximum atomic E-state index is 14.2. The average Bonchev–Trinajstić information content (AvgIpc) is 4.13. The number of nitrogens with one attached hydrogen (secondary N) is 4. The Bertz CT molecular complexity index is 2710. The molecule has 18 heteroatoms. The number of aryl methyl sites for hydroxylation is 2. The number of fused-ring (bicyclic) bond motifs is 1. The minimum atomic E-state index is -0.919. The number of aromatic amines is 1. The van der Waals surface area contributed by atoms with Crippen molar-refractivity contribution in [2.75, 3.05) is 57.0 Å². The first-order valence-electron chi connectivity index (χ1n) is 21.1. The molecule has 0 spiro atoms. The van der Waals surface area contributed by atoms with Crippen LogP contribution in [0.25, 0.3) is 11.0 Å². The van der Waals surface area contributed by atoms with E-state index < -0.39 is 18.0 Å². The summed E-state index contributed by atoms with van der Waals surface area (Å²) in [5.74, 6) is 0.0332. The number of aromatic nitrogens is 5. The van der Waals surface area contributed by atoms with E-state index in [1.807, 2.05) is 62.4 Å². The standard InChI is InChI=1S/C45H47N11O5S2/c1-28-13-15-34(37(21-28)54-17-7-3-8-18-54)51-42(58)53-43-46-25-31(62-43)24-40-50-36(27-60-40)41(57)61-56(44(59)52-35-16-14-29(2)22-38(35)55-19-9-4-10-20-55)45-47-26-30(63-45)23-39-48-32-11-5-6-12-33(32)49-39/h5-6,11-16,21-22,25-27H,3-4,7-10,17-20,23-24H2,1-2H3,(H,48,49)(H,52,59)(H2,46,51,53,58). The summed E-state index contributed by atoms with van der Waals surface area (Å²) in [6, 6.07) is 18.5. The van der Waals surface area contributed by atoms with Gasteiger partial charge in [-0.15, -0.1) is 11.3 Å². The number of amides is 4. The summed E-state index contributed by atoms with van der Waals surface area (Å²) in [6.07, 6.45) is 11.8. The largest absolute Gasteiger partial charge is 0.448 e. The van der Waals surface area contributed by atoms with Crippen LogP contribution >= 0.6 is 22.7 Å². The summed E-state index contributed by atoms with van der Waals surface area (Å²) in [6.45, 7) is 7.72. The highest BCUT2D eigenvalue weighted by Gasteiger charge is 2.29. The van der Waals surface area contributed by atoms with Gasteiger partial charge in [-0.1, -0.05) is 40.7 Å².